The zero-order chi connectivity index (χ0) is 23.3. The Morgan fingerprint density at radius 1 is 0.938 bits per heavy atom. The molecule has 8 heteroatoms. The van der Waals surface area contributed by atoms with Crippen LogP contribution in [0.5, 0.6) is 0 Å². The minimum absolute atomic E-state index is 0.00271. The van der Waals surface area contributed by atoms with Gasteiger partial charge in [0.15, 0.2) is 0 Å². The number of aryl methyl sites for hydroxylation is 1. The largest absolute Gasteiger partial charge is 0.344 e. The Labute approximate surface area is 192 Å². The summed E-state index contributed by atoms with van der Waals surface area (Å²) in [6.07, 6.45) is 5.65. The van der Waals surface area contributed by atoms with Crippen LogP contribution >= 0.6 is 0 Å². The molecular weight excluding hydrogens is 426 g/mol. The first-order chi connectivity index (χ1) is 15.2. The molecule has 1 heterocycles. The van der Waals surface area contributed by atoms with Gasteiger partial charge in [0.2, 0.25) is 21.8 Å². The molecule has 1 aliphatic carbocycles. The van der Waals surface area contributed by atoms with Crippen LogP contribution in [0.2, 0.25) is 0 Å². The van der Waals surface area contributed by atoms with Crippen LogP contribution in [0.3, 0.4) is 0 Å². The van der Waals surface area contributed by atoms with E-state index < -0.39 is 16.1 Å². The number of hydrogen-bond donors (Lipinski definition) is 1. The van der Waals surface area contributed by atoms with Crippen molar-refractivity contribution in [1.29, 1.82) is 0 Å². The standard InChI is InChI=1S/C24H37N3O4S/c1-18(2)22(25-23(28)20-8-5-4-6-9-20)24(29)26-14-7-15-27(17-16-26)32(30,31)21-12-10-19(3)11-13-21/h10-13,18,20,22H,4-9,14-17H2,1-3H3,(H,25,28). The molecule has 2 aliphatic rings. The van der Waals surface area contributed by atoms with Crippen LogP contribution in [-0.4, -0.2) is 61.7 Å². The maximum Gasteiger partial charge on any atom is 0.245 e. The van der Waals surface area contributed by atoms with E-state index in [4.69, 9.17) is 0 Å². The lowest BCUT2D eigenvalue weighted by Crippen LogP contribution is -2.53. The minimum Gasteiger partial charge on any atom is -0.344 e. The fraction of sp³-hybridized carbons (Fsp3) is 0.667. The predicted octanol–water partition coefficient (Wildman–Crippen LogP) is 2.94. The number of sulfonamides is 1. The summed E-state index contributed by atoms with van der Waals surface area (Å²) in [4.78, 5) is 28.1. The van der Waals surface area contributed by atoms with Crippen LogP contribution in [0.15, 0.2) is 29.2 Å². The topological polar surface area (TPSA) is 86.8 Å². The quantitative estimate of drug-likeness (QED) is 0.703. The number of rotatable bonds is 6. The summed E-state index contributed by atoms with van der Waals surface area (Å²) in [5.41, 5.74) is 1.01. The lowest BCUT2D eigenvalue weighted by Gasteiger charge is -2.31. The molecule has 2 amide bonds. The Hall–Kier alpha value is -1.93. The third kappa shape index (κ3) is 5.90. The summed E-state index contributed by atoms with van der Waals surface area (Å²) in [5, 5.41) is 3.01. The molecule has 1 atom stereocenters. The van der Waals surface area contributed by atoms with E-state index in [-0.39, 0.29) is 35.1 Å². The lowest BCUT2D eigenvalue weighted by molar-refractivity contribution is -0.138. The number of benzene rings is 1. The van der Waals surface area contributed by atoms with Gasteiger partial charge in [-0.2, -0.15) is 4.31 Å². The number of amides is 2. The van der Waals surface area contributed by atoms with Crippen LogP contribution in [0, 0.1) is 18.8 Å². The highest BCUT2D eigenvalue weighted by molar-refractivity contribution is 7.89. The molecule has 1 saturated carbocycles. The molecule has 3 rings (SSSR count). The number of nitrogens with one attached hydrogen (secondary N) is 1. The van der Waals surface area contributed by atoms with Crippen LogP contribution in [0.1, 0.15) is 57.9 Å². The second-order valence-electron chi connectivity index (χ2n) is 9.46. The maximum atomic E-state index is 13.3. The molecular formula is C24H37N3O4S. The summed E-state index contributed by atoms with van der Waals surface area (Å²) in [7, 11) is -3.60. The molecule has 32 heavy (non-hydrogen) atoms. The second kappa shape index (κ2) is 10.8. The van der Waals surface area contributed by atoms with Gasteiger partial charge in [0, 0.05) is 32.1 Å². The van der Waals surface area contributed by atoms with Gasteiger partial charge in [-0.3, -0.25) is 9.59 Å². The molecule has 1 aromatic rings. The summed E-state index contributed by atoms with van der Waals surface area (Å²) in [6.45, 7) is 7.24. The first kappa shape index (κ1) is 24.7. The van der Waals surface area contributed by atoms with Crippen molar-refractivity contribution in [3.63, 3.8) is 0 Å². The Bertz CT molecular complexity index is 892. The summed E-state index contributed by atoms with van der Waals surface area (Å²) in [5.74, 6) is -0.170. The summed E-state index contributed by atoms with van der Waals surface area (Å²) in [6, 6.07) is 6.28. The fourth-order valence-corrected chi connectivity index (χ4v) is 6.03. The van der Waals surface area contributed by atoms with Crippen LogP contribution in [0.4, 0.5) is 0 Å². The normalized spacial score (nSPS) is 20.1. The minimum atomic E-state index is -3.60. The smallest absolute Gasteiger partial charge is 0.245 e. The number of hydrogen-bond acceptors (Lipinski definition) is 4. The summed E-state index contributed by atoms with van der Waals surface area (Å²) < 4.78 is 27.6. The molecule has 178 valence electrons. The van der Waals surface area contributed by atoms with E-state index in [2.05, 4.69) is 5.32 Å². The Morgan fingerprint density at radius 2 is 1.59 bits per heavy atom. The third-order valence-corrected chi connectivity index (χ3v) is 8.54. The number of carbonyl (C=O) groups is 2. The van der Waals surface area contributed by atoms with Gasteiger partial charge in [-0.15, -0.1) is 0 Å². The Kier molecular flexibility index (Phi) is 8.33. The van der Waals surface area contributed by atoms with E-state index in [1.54, 1.807) is 29.2 Å². The van der Waals surface area contributed by atoms with Gasteiger partial charge in [0.1, 0.15) is 6.04 Å². The van der Waals surface area contributed by atoms with E-state index in [1.807, 2.05) is 20.8 Å². The SMILES string of the molecule is Cc1ccc(S(=O)(=O)N2CCCN(C(=O)C(NC(=O)C3CCCCC3)C(C)C)CC2)cc1. The molecule has 0 aromatic heterocycles. The monoisotopic (exact) mass is 463 g/mol. The molecule has 0 radical (unpaired) electrons. The van der Waals surface area contributed by atoms with Crippen molar-refractivity contribution >= 4 is 21.8 Å². The van der Waals surface area contributed by atoms with Gasteiger partial charge in [-0.1, -0.05) is 50.8 Å². The van der Waals surface area contributed by atoms with Crippen LogP contribution < -0.4 is 5.32 Å². The molecule has 1 aliphatic heterocycles. The van der Waals surface area contributed by atoms with Gasteiger partial charge in [-0.25, -0.2) is 8.42 Å². The van der Waals surface area contributed by atoms with Crippen molar-refractivity contribution in [3.8, 4) is 0 Å². The molecule has 1 saturated heterocycles. The van der Waals surface area contributed by atoms with Gasteiger partial charge >= 0.3 is 0 Å². The molecule has 1 aromatic carbocycles. The second-order valence-corrected chi connectivity index (χ2v) is 11.4. The van der Waals surface area contributed by atoms with Crippen LogP contribution in [-0.2, 0) is 19.6 Å². The zero-order valence-electron chi connectivity index (χ0n) is 19.5. The molecule has 1 unspecified atom stereocenters. The van der Waals surface area contributed by atoms with Crippen LogP contribution in [0.25, 0.3) is 0 Å². The van der Waals surface area contributed by atoms with E-state index in [1.165, 1.54) is 10.7 Å². The molecule has 2 fully saturated rings. The van der Waals surface area contributed by atoms with Gasteiger partial charge < -0.3 is 10.2 Å². The summed E-state index contributed by atoms with van der Waals surface area (Å²) >= 11 is 0. The number of carbonyl (C=O) groups excluding carboxylic acids is 2. The fourth-order valence-electron chi connectivity index (χ4n) is 4.56. The molecule has 0 bridgehead atoms. The molecule has 7 nitrogen and oxygen atoms in total. The van der Waals surface area contributed by atoms with Gasteiger partial charge in [0.25, 0.3) is 0 Å². The van der Waals surface area contributed by atoms with Crippen molar-refractivity contribution < 1.29 is 18.0 Å². The van der Waals surface area contributed by atoms with Crippen molar-refractivity contribution in [2.24, 2.45) is 11.8 Å². The van der Waals surface area contributed by atoms with Crippen molar-refractivity contribution in [3.05, 3.63) is 29.8 Å². The van der Waals surface area contributed by atoms with Gasteiger partial charge in [0.05, 0.1) is 4.90 Å². The first-order valence-electron chi connectivity index (χ1n) is 11.9. The van der Waals surface area contributed by atoms with E-state index in [0.717, 1.165) is 31.2 Å². The molecule has 0 spiro atoms. The van der Waals surface area contributed by atoms with E-state index in [0.29, 0.717) is 26.1 Å². The average molecular weight is 464 g/mol. The highest BCUT2D eigenvalue weighted by Gasteiger charge is 2.34. The maximum absolute atomic E-state index is 13.3. The Balaban J connectivity index is 1.65. The number of nitrogens with zero attached hydrogens (tertiary/aromatic N) is 2. The highest BCUT2D eigenvalue weighted by atomic mass is 32.2. The molecule has 1 N–H and O–H groups in total. The third-order valence-electron chi connectivity index (χ3n) is 6.63. The van der Waals surface area contributed by atoms with E-state index >= 15 is 0 Å². The highest BCUT2D eigenvalue weighted by Crippen LogP contribution is 2.24. The lowest BCUT2D eigenvalue weighted by atomic mass is 9.88. The van der Waals surface area contributed by atoms with E-state index in [9.17, 15) is 18.0 Å². The predicted molar refractivity (Wildman–Crippen MR) is 124 cm³/mol. The van der Waals surface area contributed by atoms with Gasteiger partial charge in [-0.05, 0) is 44.2 Å². The van der Waals surface area contributed by atoms with Crippen molar-refractivity contribution in [2.45, 2.75) is 70.2 Å². The Morgan fingerprint density at radius 3 is 2.22 bits per heavy atom. The van der Waals surface area contributed by atoms with Crippen molar-refractivity contribution in [1.82, 2.24) is 14.5 Å². The average Bonchev–Trinajstić information content (AvgIpc) is 3.04. The zero-order valence-corrected chi connectivity index (χ0v) is 20.4. The first-order valence-corrected chi connectivity index (χ1v) is 13.3. The van der Waals surface area contributed by atoms with Crippen molar-refractivity contribution in [2.75, 3.05) is 26.2 Å².